The number of amides is 1. The molecular formula is C14H19NO4S. The number of carbonyl (C=O) groups is 1. The highest BCUT2D eigenvalue weighted by Gasteiger charge is 2.34. The Kier molecular flexibility index (Phi) is 3.70. The average Bonchev–Trinajstić information content (AvgIpc) is 3.01. The quantitative estimate of drug-likeness (QED) is 0.841. The molecule has 2 aliphatic rings. The van der Waals surface area contributed by atoms with E-state index in [1.54, 1.807) is 16.2 Å². The first-order valence-corrected chi connectivity index (χ1v) is 7.70. The second kappa shape index (κ2) is 5.35. The summed E-state index contributed by atoms with van der Waals surface area (Å²) in [6.07, 6.45) is 0.470. The molecule has 6 heteroatoms. The monoisotopic (exact) mass is 297 g/mol. The Morgan fingerprint density at radius 2 is 2.45 bits per heavy atom. The fraction of sp³-hybridized carbons (Fsp3) is 0.643. The molecule has 1 amide bonds. The number of carbonyl (C=O) groups excluding carboxylic acids is 1. The minimum atomic E-state index is -0.575. The number of fused-ring (bicyclic) bond motifs is 1. The fourth-order valence-corrected chi connectivity index (χ4v) is 3.44. The normalized spacial score (nSPS) is 24.5. The minimum Gasteiger partial charge on any atom is -0.447 e. The Morgan fingerprint density at radius 3 is 3.20 bits per heavy atom. The summed E-state index contributed by atoms with van der Waals surface area (Å²) in [6, 6.07) is 2.13. The van der Waals surface area contributed by atoms with Gasteiger partial charge in [-0.2, -0.15) is 0 Å². The van der Waals surface area contributed by atoms with Gasteiger partial charge in [0.1, 0.15) is 12.7 Å². The summed E-state index contributed by atoms with van der Waals surface area (Å²) in [7, 11) is 0. The molecule has 0 aromatic carbocycles. The Balaban J connectivity index is 1.49. The van der Waals surface area contributed by atoms with Crippen LogP contribution in [-0.2, 0) is 27.2 Å². The Labute approximate surface area is 122 Å². The first-order chi connectivity index (χ1) is 9.53. The van der Waals surface area contributed by atoms with Crippen LogP contribution in [0.5, 0.6) is 0 Å². The Morgan fingerprint density at radius 1 is 1.60 bits per heavy atom. The third-order valence-electron chi connectivity index (χ3n) is 3.54. The zero-order valence-corrected chi connectivity index (χ0v) is 12.6. The predicted molar refractivity (Wildman–Crippen MR) is 74.7 cm³/mol. The number of rotatable bonds is 2. The molecule has 1 fully saturated rings. The van der Waals surface area contributed by atoms with Gasteiger partial charge in [-0.3, -0.25) is 0 Å². The van der Waals surface area contributed by atoms with Gasteiger partial charge in [-0.25, -0.2) is 4.79 Å². The van der Waals surface area contributed by atoms with E-state index in [1.807, 2.05) is 13.8 Å². The van der Waals surface area contributed by atoms with E-state index in [0.29, 0.717) is 13.2 Å². The highest BCUT2D eigenvalue weighted by atomic mass is 32.1. The van der Waals surface area contributed by atoms with Crippen LogP contribution in [0.25, 0.3) is 0 Å². The highest BCUT2D eigenvalue weighted by Crippen LogP contribution is 2.25. The number of nitrogens with zero attached hydrogens (tertiary/aromatic N) is 1. The molecule has 3 heterocycles. The summed E-state index contributed by atoms with van der Waals surface area (Å²) in [5, 5.41) is 2.07. The summed E-state index contributed by atoms with van der Waals surface area (Å²) >= 11 is 1.70. The molecule has 1 unspecified atom stereocenters. The van der Waals surface area contributed by atoms with Gasteiger partial charge in [-0.05, 0) is 37.3 Å². The molecule has 5 nitrogen and oxygen atoms in total. The lowest BCUT2D eigenvalue weighted by molar-refractivity contribution is -0.143. The van der Waals surface area contributed by atoms with Crippen LogP contribution >= 0.6 is 11.3 Å². The number of hydrogen-bond acceptors (Lipinski definition) is 5. The van der Waals surface area contributed by atoms with E-state index in [9.17, 15) is 4.79 Å². The van der Waals surface area contributed by atoms with Crippen molar-refractivity contribution in [3.8, 4) is 0 Å². The van der Waals surface area contributed by atoms with E-state index in [-0.39, 0.29) is 18.8 Å². The van der Waals surface area contributed by atoms with Gasteiger partial charge in [0, 0.05) is 11.4 Å². The maximum atomic E-state index is 12.1. The lowest BCUT2D eigenvalue weighted by atomic mass is 10.1. The number of hydrogen-bond donors (Lipinski definition) is 0. The van der Waals surface area contributed by atoms with Crippen molar-refractivity contribution in [1.82, 2.24) is 4.90 Å². The van der Waals surface area contributed by atoms with E-state index < -0.39 is 5.79 Å². The first kappa shape index (κ1) is 13.9. The maximum absolute atomic E-state index is 12.1. The van der Waals surface area contributed by atoms with E-state index in [4.69, 9.17) is 14.2 Å². The van der Waals surface area contributed by atoms with Crippen LogP contribution in [0.3, 0.4) is 0 Å². The van der Waals surface area contributed by atoms with Crippen molar-refractivity contribution in [2.45, 2.75) is 38.7 Å². The number of thiophene rings is 1. The van der Waals surface area contributed by atoms with Gasteiger partial charge in [0.25, 0.3) is 0 Å². The van der Waals surface area contributed by atoms with Crippen LogP contribution in [0.1, 0.15) is 24.3 Å². The molecule has 0 spiro atoms. The predicted octanol–water partition coefficient (Wildman–Crippen LogP) is 2.39. The largest absolute Gasteiger partial charge is 0.447 e. The lowest BCUT2D eigenvalue weighted by Crippen LogP contribution is -2.37. The molecule has 1 aromatic heterocycles. The van der Waals surface area contributed by atoms with Gasteiger partial charge < -0.3 is 19.1 Å². The average molecular weight is 297 g/mol. The van der Waals surface area contributed by atoms with Crippen molar-refractivity contribution in [2.75, 3.05) is 19.8 Å². The summed E-state index contributed by atoms with van der Waals surface area (Å²) in [4.78, 5) is 15.1. The smallest absolute Gasteiger partial charge is 0.410 e. The Bertz CT molecular complexity index is 499. The summed E-state index contributed by atoms with van der Waals surface area (Å²) in [5.41, 5.74) is 1.35. The molecule has 1 aromatic rings. The van der Waals surface area contributed by atoms with Crippen molar-refractivity contribution >= 4 is 17.4 Å². The van der Waals surface area contributed by atoms with Crippen LogP contribution in [-0.4, -0.2) is 42.6 Å². The summed E-state index contributed by atoms with van der Waals surface area (Å²) in [5.74, 6) is -0.575. The van der Waals surface area contributed by atoms with Crippen molar-refractivity contribution in [3.63, 3.8) is 0 Å². The first-order valence-electron chi connectivity index (χ1n) is 6.82. The van der Waals surface area contributed by atoms with Gasteiger partial charge >= 0.3 is 6.09 Å². The van der Waals surface area contributed by atoms with E-state index in [2.05, 4.69) is 11.4 Å². The van der Waals surface area contributed by atoms with Crippen molar-refractivity contribution in [3.05, 3.63) is 21.9 Å². The van der Waals surface area contributed by atoms with Crippen molar-refractivity contribution < 1.29 is 19.0 Å². The zero-order chi connectivity index (χ0) is 14.2. The second-order valence-electron chi connectivity index (χ2n) is 5.57. The molecule has 3 rings (SSSR count). The molecular weight excluding hydrogens is 278 g/mol. The standard InChI is InChI=1S/C14H19NO4S/c1-14(2)18-9-11(19-14)8-17-13(16)15-5-3-10-4-6-20-12(10)7-15/h4,6,11H,3,5,7-9H2,1-2H3. The molecule has 0 N–H and O–H groups in total. The fourth-order valence-electron chi connectivity index (χ4n) is 2.49. The minimum absolute atomic E-state index is 0.170. The number of ether oxygens (including phenoxy) is 3. The molecule has 1 saturated heterocycles. The van der Waals surface area contributed by atoms with Gasteiger partial charge in [-0.1, -0.05) is 0 Å². The molecule has 0 radical (unpaired) electrons. The Hall–Kier alpha value is -1.11. The molecule has 0 bridgehead atoms. The molecule has 1 atom stereocenters. The third-order valence-corrected chi connectivity index (χ3v) is 4.49. The second-order valence-corrected chi connectivity index (χ2v) is 6.57. The zero-order valence-electron chi connectivity index (χ0n) is 11.8. The molecule has 2 aliphatic heterocycles. The van der Waals surface area contributed by atoms with Crippen LogP contribution in [0.4, 0.5) is 4.79 Å². The third kappa shape index (κ3) is 2.97. The summed E-state index contributed by atoms with van der Waals surface area (Å²) in [6.45, 7) is 5.80. The SMILES string of the molecule is CC1(C)OCC(COC(=O)N2CCc3ccsc3C2)O1. The van der Waals surface area contributed by atoms with E-state index in [1.165, 1.54) is 10.4 Å². The van der Waals surface area contributed by atoms with Crippen molar-refractivity contribution in [2.24, 2.45) is 0 Å². The van der Waals surface area contributed by atoms with Crippen molar-refractivity contribution in [1.29, 1.82) is 0 Å². The lowest BCUT2D eigenvalue weighted by Gasteiger charge is -2.26. The van der Waals surface area contributed by atoms with Crippen LogP contribution in [0.2, 0.25) is 0 Å². The maximum Gasteiger partial charge on any atom is 0.410 e. The molecule has 110 valence electrons. The van der Waals surface area contributed by atoms with Gasteiger partial charge in [0.15, 0.2) is 5.79 Å². The topological polar surface area (TPSA) is 48.0 Å². The van der Waals surface area contributed by atoms with Gasteiger partial charge in [0.05, 0.1) is 13.2 Å². The van der Waals surface area contributed by atoms with Crippen LogP contribution in [0.15, 0.2) is 11.4 Å². The van der Waals surface area contributed by atoms with Crippen LogP contribution < -0.4 is 0 Å². The van der Waals surface area contributed by atoms with Crippen LogP contribution in [0, 0.1) is 0 Å². The summed E-state index contributed by atoms with van der Waals surface area (Å²) < 4.78 is 16.4. The van der Waals surface area contributed by atoms with E-state index in [0.717, 1.165) is 13.0 Å². The molecule has 20 heavy (non-hydrogen) atoms. The van der Waals surface area contributed by atoms with Gasteiger partial charge in [0.2, 0.25) is 0 Å². The van der Waals surface area contributed by atoms with E-state index >= 15 is 0 Å². The molecule has 0 saturated carbocycles. The highest BCUT2D eigenvalue weighted by molar-refractivity contribution is 7.10. The molecule has 0 aliphatic carbocycles. The van der Waals surface area contributed by atoms with Gasteiger partial charge in [-0.15, -0.1) is 11.3 Å².